The van der Waals surface area contributed by atoms with Crippen molar-refractivity contribution in [3.63, 3.8) is 0 Å². The Kier molecular flexibility index (Phi) is 27.2. The highest BCUT2D eigenvalue weighted by Gasteiger charge is 2.27. The summed E-state index contributed by atoms with van der Waals surface area (Å²) in [6.07, 6.45) is 30.9. The first kappa shape index (κ1) is 42.7. The van der Waals surface area contributed by atoms with Crippen molar-refractivity contribution < 1.29 is 32.9 Å². The molecular formula is C35H68N2O6P+. The highest BCUT2D eigenvalue weighted by Crippen LogP contribution is 2.43. The number of hydrogen-bond acceptors (Lipinski definition) is 5. The molecule has 0 spiro atoms. The molecule has 0 bridgehead atoms. The van der Waals surface area contributed by atoms with Crippen LogP contribution in [0, 0.1) is 0 Å². The number of allylic oxidation sites excluding steroid dienone is 5. The van der Waals surface area contributed by atoms with Crippen LogP contribution >= 0.6 is 7.82 Å². The summed E-state index contributed by atoms with van der Waals surface area (Å²) in [5.74, 6) is -0.197. The van der Waals surface area contributed by atoms with Crippen molar-refractivity contribution in [2.75, 3.05) is 40.9 Å². The molecular weight excluding hydrogens is 575 g/mol. The summed E-state index contributed by atoms with van der Waals surface area (Å²) >= 11 is 0. The Balaban J connectivity index is 4.59. The Labute approximate surface area is 270 Å². The minimum absolute atomic E-state index is 0.0536. The average Bonchev–Trinajstić information content (AvgIpc) is 2.95. The van der Waals surface area contributed by atoms with Gasteiger partial charge in [0.1, 0.15) is 13.2 Å². The second-order valence-electron chi connectivity index (χ2n) is 12.9. The molecule has 0 rings (SSSR count). The molecule has 8 nitrogen and oxygen atoms in total. The average molecular weight is 644 g/mol. The van der Waals surface area contributed by atoms with Gasteiger partial charge in [0.2, 0.25) is 5.91 Å². The van der Waals surface area contributed by atoms with Crippen LogP contribution in [-0.4, -0.2) is 73.4 Å². The maximum absolute atomic E-state index is 12.7. The number of nitrogens with one attached hydrogen (secondary N) is 1. The third-order valence-corrected chi connectivity index (χ3v) is 8.42. The number of carbonyl (C=O) groups is 1. The van der Waals surface area contributed by atoms with E-state index in [9.17, 15) is 19.4 Å². The number of carbonyl (C=O) groups excluding carboxylic acids is 1. The van der Waals surface area contributed by atoms with Crippen LogP contribution in [0.2, 0.25) is 0 Å². The lowest BCUT2D eigenvalue weighted by atomic mass is 10.0. The number of unbranched alkanes of at least 4 members (excludes halogenated alkanes) is 14. The van der Waals surface area contributed by atoms with Gasteiger partial charge in [-0.2, -0.15) is 0 Å². The van der Waals surface area contributed by atoms with E-state index in [0.29, 0.717) is 17.4 Å². The quantitative estimate of drug-likeness (QED) is 0.0314. The number of nitrogens with zero attached hydrogens (tertiary/aromatic N) is 1. The van der Waals surface area contributed by atoms with E-state index >= 15 is 0 Å². The molecule has 9 heteroatoms. The molecule has 258 valence electrons. The van der Waals surface area contributed by atoms with Crippen LogP contribution in [-0.2, 0) is 18.4 Å². The molecule has 0 saturated heterocycles. The normalized spacial score (nSPS) is 15.3. The minimum atomic E-state index is -4.33. The predicted octanol–water partition coefficient (Wildman–Crippen LogP) is 8.40. The second-order valence-corrected chi connectivity index (χ2v) is 14.3. The van der Waals surface area contributed by atoms with Crippen LogP contribution in [0.1, 0.15) is 129 Å². The first-order valence-corrected chi connectivity index (χ1v) is 18.8. The monoisotopic (exact) mass is 643 g/mol. The third-order valence-electron chi connectivity index (χ3n) is 7.44. The van der Waals surface area contributed by atoms with Crippen LogP contribution in [0.15, 0.2) is 36.5 Å². The summed E-state index contributed by atoms with van der Waals surface area (Å²) in [7, 11) is 1.54. The lowest BCUT2D eigenvalue weighted by Gasteiger charge is -2.25. The maximum Gasteiger partial charge on any atom is 0.472 e. The zero-order valence-corrected chi connectivity index (χ0v) is 29.8. The summed E-state index contributed by atoms with van der Waals surface area (Å²) in [6, 6.07) is -0.862. The highest BCUT2D eigenvalue weighted by molar-refractivity contribution is 7.47. The molecule has 0 aliphatic rings. The van der Waals surface area contributed by atoms with Gasteiger partial charge in [0.15, 0.2) is 0 Å². The largest absolute Gasteiger partial charge is 0.472 e. The third kappa shape index (κ3) is 29.4. The molecule has 0 fully saturated rings. The molecule has 3 N–H and O–H groups in total. The van der Waals surface area contributed by atoms with E-state index in [1.54, 1.807) is 6.08 Å². The number of aliphatic hydroxyl groups is 1. The SMILES string of the molecule is C/C=C/CC/C=C/CC/C=C/C(O)C(COP(=O)(O)OCC[N+](C)(C)C)NC(=O)CCCCCCCCCCCCCCC. The summed E-state index contributed by atoms with van der Waals surface area (Å²) < 4.78 is 23.3. The highest BCUT2D eigenvalue weighted by atomic mass is 31.2. The summed E-state index contributed by atoms with van der Waals surface area (Å²) in [5, 5.41) is 13.6. The van der Waals surface area contributed by atoms with Gasteiger partial charge in [0.25, 0.3) is 0 Å². The molecule has 3 unspecified atom stereocenters. The number of rotatable bonds is 30. The van der Waals surface area contributed by atoms with E-state index in [0.717, 1.165) is 44.9 Å². The van der Waals surface area contributed by atoms with Crippen molar-refractivity contribution >= 4 is 13.7 Å². The fourth-order valence-electron chi connectivity index (χ4n) is 4.61. The lowest BCUT2D eigenvalue weighted by Crippen LogP contribution is -2.45. The summed E-state index contributed by atoms with van der Waals surface area (Å²) in [4.78, 5) is 22.9. The van der Waals surface area contributed by atoms with Crippen molar-refractivity contribution in [3.8, 4) is 0 Å². The van der Waals surface area contributed by atoms with Crippen molar-refractivity contribution in [2.24, 2.45) is 0 Å². The molecule has 0 aromatic heterocycles. The van der Waals surface area contributed by atoms with Gasteiger partial charge in [-0.1, -0.05) is 120 Å². The van der Waals surface area contributed by atoms with Gasteiger partial charge in [-0.15, -0.1) is 0 Å². The number of likely N-dealkylation sites (N-methyl/N-ethyl adjacent to an activating group) is 1. The van der Waals surface area contributed by atoms with E-state index in [2.05, 4.69) is 30.5 Å². The zero-order valence-electron chi connectivity index (χ0n) is 28.9. The Morgan fingerprint density at radius 3 is 1.82 bits per heavy atom. The van der Waals surface area contributed by atoms with Gasteiger partial charge in [-0.3, -0.25) is 13.8 Å². The van der Waals surface area contributed by atoms with Crippen LogP contribution in [0.5, 0.6) is 0 Å². The fourth-order valence-corrected chi connectivity index (χ4v) is 5.34. The minimum Gasteiger partial charge on any atom is -0.387 e. The predicted molar refractivity (Wildman–Crippen MR) is 184 cm³/mol. The standard InChI is InChI=1S/C35H67N2O6P/c1-6-8-10-12-14-16-17-18-19-21-23-25-27-29-35(39)36-33(32-43-44(40,41)42-31-30-37(3,4)5)34(38)28-26-24-22-20-15-13-11-9-7-2/h7,9,15,20,26,28,33-34,38H,6,8,10-14,16-19,21-25,27,29-32H2,1-5H3,(H-,36,39,40,41)/p+1/b9-7+,20-15+,28-26+. The number of phosphoric acid groups is 1. The fraction of sp³-hybridized carbons (Fsp3) is 0.800. The maximum atomic E-state index is 12.7. The van der Waals surface area contributed by atoms with Crippen molar-refractivity contribution in [2.45, 2.75) is 142 Å². The Hall–Kier alpha value is -1.28. The topological polar surface area (TPSA) is 105 Å². The number of quaternary nitrogens is 1. The molecule has 3 atom stereocenters. The van der Waals surface area contributed by atoms with Crippen molar-refractivity contribution in [1.29, 1.82) is 0 Å². The van der Waals surface area contributed by atoms with Gasteiger partial charge >= 0.3 is 7.82 Å². The summed E-state index contributed by atoms with van der Waals surface area (Å²) in [6.45, 7) is 4.51. The van der Waals surface area contributed by atoms with Gasteiger partial charge < -0.3 is 19.8 Å². The molecule has 0 saturated carbocycles. The molecule has 0 aromatic rings. The first-order chi connectivity index (χ1) is 21.0. The molecule has 1 amide bonds. The molecule has 0 radical (unpaired) electrons. The number of phosphoric ester groups is 1. The number of hydrogen-bond donors (Lipinski definition) is 3. The van der Waals surface area contributed by atoms with Crippen LogP contribution < -0.4 is 5.32 Å². The van der Waals surface area contributed by atoms with E-state index in [1.807, 2.05) is 40.2 Å². The molecule has 0 heterocycles. The second kappa shape index (κ2) is 28.0. The Bertz CT molecular complexity index is 825. The summed E-state index contributed by atoms with van der Waals surface area (Å²) in [5.41, 5.74) is 0. The lowest BCUT2D eigenvalue weighted by molar-refractivity contribution is -0.870. The first-order valence-electron chi connectivity index (χ1n) is 17.3. The van der Waals surface area contributed by atoms with Crippen molar-refractivity contribution in [3.05, 3.63) is 36.5 Å². The molecule has 0 aliphatic heterocycles. The molecule has 0 aliphatic carbocycles. The van der Waals surface area contributed by atoms with E-state index in [-0.39, 0.29) is 19.1 Å². The van der Waals surface area contributed by atoms with Gasteiger partial charge in [0, 0.05) is 6.42 Å². The Morgan fingerprint density at radius 2 is 1.30 bits per heavy atom. The smallest absolute Gasteiger partial charge is 0.387 e. The van der Waals surface area contributed by atoms with Gasteiger partial charge in [0.05, 0.1) is 39.9 Å². The van der Waals surface area contributed by atoms with E-state index < -0.39 is 20.0 Å². The van der Waals surface area contributed by atoms with Gasteiger partial charge in [-0.05, 0) is 39.0 Å². The van der Waals surface area contributed by atoms with Crippen molar-refractivity contribution in [1.82, 2.24) is 5.32 Å². The number of aliphatic hydroxyl groups excluding tert-OH is 1. The van der Waals surface area contributed by atoms with Gasteiger partial charge in [-0.25, -0.2) is 4.57 Å². The van der Waals surface area contributed by atoms with E-state index in [1.165, 1.54) is 64.2 Å². The molecule has 44 heavy (non-hydrogen) atoms. The van der Waals surface area contributed by atoms with Crippen LogP contribution in [0.3, 0.4) is 0 Å². The van der Waals surface area contributed by atoms with Crippen LogP contribution in [0.4, 0.5) is 0 Å². The number of amides is 1. The van der Waals surface area contributed by atoms with Crippen LogP contribution in [0.25, 0.3) is 0 Å². The zero-order chi connectivity index (χ0) is 32.9. The van der Waals surface area contributed by atoms with E-state index in [4.69, 9.17) is 9.05 Å². The Morgan fingerprint density at radius 1 is 0.795 bits per heavy atom. The molecule has 0 aromatic carbocycles.